The predicted molar refractivity (Wildman–Crippen MR) is 97.1 cm³/mol. The minimum absolute atomic E-state index is 0.0688. The lowest BCUT2D eigenvalue weighted by atomic mass is 9.84. The summed E-state index contributed by atoms with van der Waals surface area (Å²) < 4.78 is 5.26. The number of hydrogen-bond donors (Lipinski definition) is 2. The molecule has 24 heavy (non-hydrogen) atoms. The van der Waals surface area contributed by atoms with Gasteiger partial charge in [-0.25, -0.2) is 4.79 Å². The smallest absolute Gasteiger partial charge is 0.315 e. The maximum atomic E-state index is 12.0. The summed E-state index contributed by atoms with van der Waals surface area (Å²) in [6.07, 6.45) is 2.78. The predicted octanol–water partition coefficient (Wildman–Crippen LogP) is 2.69. The molecule has 0 atom stereocenters. The number of hydrogen-bond acceptors (Lipinski definition) is 3. The fourth-order valence-electron chi connectivity index (χ4n) is 3.39. The standard InChI is InChI=1S/C19H31N3O2/c1-4-20-18(23)21-19(10-13-24-3)8-11-22(12-9-19)15-17-7-5-6-16(2)14-17/h5-7,14H,4,8-13,15H2,1-3H3,(H2,20,21,23). The summed E-state index contributed by atoms with van der Waals surface area (Å²) in [6.45, 7) is 8.34. The molecule has 1 aliphatic rings. The number of aryl methyl sites for hydroxylation is 1. The number of urea groups is 1. The minimum atomic E-state index is -0.154. The Labute approximate surface area is 145 Å². The summed E-state index contributed by atoms with van der Waals surface area (Å²) in [5.41, 5.74) is 2.51. The highest BCUT2D eigenvalue weighted by Gasteiger charge is 2.35. The van der Waals surface area contributed by atoms with Crippen molar-refractivity contribution in [2.75, 3.05) is 33.4 Å². The monoisotopic (exact) mass is 333 g/mol. The van der Waals surface area contributed by atoms with Gasteiger partial charge in [0.15, 0.2) is 0 Å². The van der Waals surface area contributed by atoms with Crippen molar-refractivity contribution in [2.45, 2.75) is 45.2 Å². The second-order valence-corrected chi connectivity index (χ2v) is 6.77. The number of benzene rings is 1. The molecule has 1 saturated heterocycles. The van der Waals surface area contributed by atoms with Gasteiger partial charge in [-0.3, -0.25) is 4.90 Å². The van der Waals surface area contributed by atoms with Gasteiger partial charge in [0, 0.05) is 45.4 Å². The van der Waals surface area contributed by atoms with E-state index in [0.29, 0.717) is 13.2 Å². The maximum Gasteiger partial charge on any atom is 0.315 e. The first-order valence-corrected chi connectivity index (χ1v) is 8.90. The summed E-state index contributed by atoms with van der Waals surface area (Å²) in [5, 5.41) is 6.05. The molecule has 0 radical (unpaired) electrons. The van der Waals surface area contributed by atoms with Crippen molar-refractivity contribution in [3.63, 3.8) is 0 Å². The first-order valence-electron chi connectivity index (χ1n) is 8.90. The van der Waals surface area contributed by atoms with Gasteiger partial charge in [-0.15, -0.1) is 0 Å². The number of amides is 2. The molecule has 5 heteroatoms. The van der Waals surface area contributed by atoms with Crippen LogP contribution in [0.5, 0.6) is 0 Å². The fraction of sp³-hybridized carbons (Fsp3) is 0.632. The van der Waals surface area contributed by atoms with E-state index in [2.05, 4.69) is 46.7 Å². The lowest BCUT2D eigenvalue weighted by Gasteiger charge is -2.42. The average molecular weight is 333 g/mol. The second kappa shape index (κ2) is 9.04. The van der Waals surface area contributed by atoms with Crippen molar-refractivity contribution in [3.05, 3.63) is 35.4 Å². The number of methoxy groups -OCH3 is 1. The van der Waals surface area contributed by atoms with E-state index >= 15 is 0 Å². The topological polar surface area (TPSA) is 53.6 Å². The number of nitrogens with one attached hydrogen (secondary N) is 2. The van der Waals surface area contributed by atoms with Crippen LogP contribution in [-0.4, -0.2) is 49.8 Å². The van der Waals surface area contributed by atoms with Crippen LogP contribution in [0.1, 0.15) is 37.3 Å². The number of nitrogens with zero attached hydrogens (tertiary/aromatic N) is 1. The zero-order valence-corrected chi connectivity index (χ0v) is 15.2. The highest BCUT2D eigenvalue weighted by molar-refractivity contribution is 5.74. The first kappa shape index (κ1) is 18.7. The van der Waals surface area contributed by atoms with Gasteiger partial charge in [-0.2, -0.15) is 0 Å². The van der Waals surface area contributed by atoms with Crippen molar-refractivity contribution in [1.29, 1.82) is 0 Å². The van der Waals surface area contributed by atoms with Gasteiger partial charge in [0.25, 0.3) is 0 Å². The van der Waals surface area contributed by atoms with Crippen molar-refractivity contribution in [1.82, 2.24) is 15.5 Å². The van der Waals surface area contributed by atoms with E-state index in [-0.39, 0.29) is 11.6 Å². The number of carbonyl (C=O) groups is 1. The number of ether oxygens (including phenoxy) is 1. The Morgan fingerprint density at radius 3 is 2.71 bits per heavy atom. The molecule has 0 aliphatic carbocycles. The number of carbonyl (C=O) groups excluding carboxylic acids is 1. The Kier molecular flexibility index (Phi) is 7.06. The molecule has 0 spiro atoms. The molecular weight excluding hydrogens is 302 g/mol. The van der Waals surface area contributed by atoms with Gasteiger partial charge in [0.1, 0.15) is 0 Å². The van der Waals surface area contributed by atoms with Gasteiger partial charge in [0.2, 0.25) is 0 Å². The third kappa shape index (κ3) is 5.49. The minimum Gasteiger partial charge on any atom is -0.385 e. The second-order valence-electron chi connectivity index (χ2n) is 6.77. The highest BCUT2D eigenvalue weighted by atomic mass is 16.5. The van der Waals surface area contributed by atoms with E-state index < -0.39 is 0 Å². The molecule has 0 saturated carbocycles. The van der Waals surface area contributed by atoms with Crippen molar-refractivity contribution in [3.8, 4) is 0 Å². The zero-order chi connectivity index (χ0) is 17.4. The van der Waals surface area contributed by atoms with Gasteiger partial charge < -0.3 is 15.4 Å². The van der Waals surface area contributed by atoms with Crippen LogP contribution in [0.25, 0.3) is 0 Å². The Hall–Kier alpha value is -1.59. The number of likely N-dealkylation sites (tertiary alicyclic amines) is 1. The van der Waals surface area contributed by atoms with Gasteiger partial charge in [0.05, 0.1) is 0 Å². The normalized spacial score (nSPS) is 17.5. The van der Waals surface area contributed by atoms with Crippen LogP contribution in [0.3, 0.4) is 0 Å². The van der Waals surface area contributed by atoms with E-state index in [1.54, 1.807) is 7.11 Å². The van der Waals surface area contributed by atoms with Crippen LogP contribution in [0, 0.1) is 6.92 Å². The van der Waals surface area contributed by atoms with Crippen LogP contribution >= 0.6 is 0 Å². The van der Waals surface area contributed by atoms with Crippen molar-refractivity contribution in [2.24, 2.45) is 0 Å². The molecule has 0 unspecified atom stereocenters. The molecule has 1 aromatic rings. The molecule has 134 valence electrons. The van der Waals surface area contributed by atoms with Crippen LogP contribution < -0.4 is 10.6 Å². The van der Waals surface area contributed by atoms with Crippen LogP contribution in [0.2, 0.25) is 0 Å². The lowest BCUT2D eigenvalue weighted by molar-refractivity contribution is 0.0949. The largest absolute Gasteiger partial charge is 0.385 e. The van der Waals surface area contributed by atoms with Gasteiger partial charge in [-0.1, -0.05) is 29.8 Å². The van der Waals surface area contributed by atoms with E-state index in [0.717, 1.165) is 38.9 Å². The van der Waals surface area contributed by atoms with E-state index in [1.165, 1.54) is 11.1 Å². The summed E-state index contributed by atoms with van der Waals surface area (Å²) in [6, 6.07) is 8.62. The molecule has 2 N–H and O–H groups in total. The molecule has 1 heterocycles. The molecule has 5 nitrogen and oxygen atoms in total. The SMILES string of the molecule is CCNC(=O)NC1(CCOC)CCN(Cc2cccc(C)c2)CC1. The van der Waals surface area contributed by atoms with Crippen LogP contribution in [0.4, 0.5) is 4.79 Å². The van der Waals surface area contributed by atoms with E-state index in [1.807, 2.05) is 6.92 Å². The summed E-state index contributed by atoms with van der Waals surface area (Å²) in [4.78, 5) is 14.5. The van der Waals surface area contributed by atoms with E-state index in [4.69, 9.17) is 4.74 Å². The third-order valence-corrected chi connectivity index (χ3v) is 4.80. The highest BCUT2D eigenvalue weighted by Crippen LogP contribution is 2.27. The Bertz CT molecular complexity index is 525. The molecule has 0 aromatic heterocycles. The first-order chi connectivity index (χ1) is 11.6. The van der Waals surface area contributed by atoms with Gasteiger partial charge >= 0.3 is 6.03 Å². The Morgan fingerprint density at radius 2 is 2.08 bits per heavy atom. The molecule has 0 bridgehead atoms. The van der Waals surface area contributed by atoms with Gasteiger partial charge in [-0.05, 0) is 38.7 Å². The van der Waals surface area contributed by atoms with Crippen LogP contribution in [0.15, 0.2) is 24.3 Å². The molecular formula is C19H31N3O2. The average Bonchev–Trinajstić information content (AvgIpc) is 2.55. The summed E-state index contributed by atoms with van der Waals surface area (Å²) in [5.74, 6) is 0. The quantitative estimate of drug-likeness (QED) is 0.807. The Morgan fingerprint density at radius 1 is 1.33 bits per heavy atom. The number of piperidine rings is 1. The lowest BCUT2D eigenvalue weighted by Crippen LogP contribution is -2.57. The summed E-state index contributed by atoms with van der Waals surface area (Å²) >= 11 is 0. The van der Waals surface area contributed by atoms with Crippen LogP contribution in [-0.2, 0) is 11.3 Å². The number of rotatable bonds is 7. The van der Waals surface area contributed by atoms with Crippen molar-refractivity contribution >= 4 is 6.03 Å². The maximum absolute atomic E-state index is 12.0. The fourth-order valence-corrected chi connectivity index (χ4v) is 3.39. The Balaban J connectivity index is 1.93. The summed E-state index contributed by atoms with van der Waals surface area (Å²) in [7, 11) is 1.71. The molecule has 1 aromatic carbocycles. The van der Waals surface area contributed by atoms with E-state index in [9.17, 15) is 4.79 Å². The third-order valence-electron chi connectivity index (χ3n) is 4.80. The molecule has 1 fully saturated rings. The molecule has 2 rings (SSSR count). The molecule has 1 aliphatic heterocycles. The van der Waals surface area contributed by atoms with Crippen molar-refractivity contribution < 1.29 is 9.53 Å². The molecule has 2 amide bonds. The zero-order valence-electron chi connectivity index (χ0n) is 15.2.